The van der Waals surface area contributed by atoms with Gasteiger partial charge in [-0.15, -0.1) is 0 Å². The van der Waals surface area contributed by atoms with Crippen LogP contribution < -0.4 is 16.7 Å². The number of phenolic OH excluding ortho intramolecular Hbond substituents is 4. The topological polar surface area (TPSA) is 380 Å². The normalized spacial score (nSPS) is 16.3. The van der Waals surface area contributed by atoms with Crippen LogP contribution in [-0.4, -0.2) is 263 Å². The molecule has 3 aliphatic rings. The summed E-state index contributed by atoms with van der Waals surface area (Å²) in [5, 5.41) is 61.6. The number of carbonyl (C=O) groups is 7. The Morgan fingerprint density at radius 2 is 0.831 bits per heavy atom. The van der Waals surface area contributed by atoms with Gasteiger partial charge < -0.3 is 63.6 Å². The fourth-order valence-electron chi connectivity index (χ4n) is 16.8. The average molecular weight is 1720 g/mol. The third kappa shape index (κ3) is 25.5. The van der Waals surface area contributed by atoms with Crippen molar-refractivity contribution in [1.82, 2.24) is 73.4 Å². The molecule has 0 unspecified atom stereocenters. The molecule has 3 saturated heterocycles. The van der Waals surface area contributed by atoms with Gasteiger partial charge in [-0.2, -0.15) is 10.2 Å². The van der Waals surface area contributed by atoms with Gasteiger partial charge in [0.2, 0.25) is 17.7 Å². The van der Waals surface area contributed by atoms with Gasteiger partial charge in [0.1, 0.15) is 51.4 Å². The van der Waals surface area contributed by atoms with Gasteiger partial charge in [0.15, 0.2) is 11.6 Å². The van der Waals surface area contributed by atoms with Crippen LogP contribution in [0.25, 0.3) is 56.0 Å². The number of likely N-dealkylation sites (tertiary alicyclic amines) is 2. The van der Waals surface area contributed by atoms with Crippen molar-refractivity contribution in [3.63, 3.8) is 0 Å². The van der Waals surface area contributed by atoms with Gasteiger partial charge in [-0.1, -0.05) is 27.7 Å². The number of phenols is 4. The first-order valence-electron chi connectivity index (χ1n) is 43.7. The zero-order chi connectivity index (χ0) is 90.0. The van der Waals surface area contributed by atoms with Gasteiger partial charge in [0, 0.05) is 163 Å². The van der Waals surface area contributed by atoms with E-state index in [1.54, 1.807) is 95.2 Å². The maximum atomic E-state index is 15.0. The third-order valence-electron chi connectivity index (χ3n) is 23.0. The summed E-state index contributed by atoms with van der Waals surface area (Å²) >= 11 is 0. The molecular formula is C92H129N15O17. The number of carbonyl (C=O) groups excluding carboxylic acids is 7. The van der Waals surface area contributed by atoms with E-state index >= 15 is 0 Å². The van der Waals surface area contributed by atoms with Crippen LogP contribution in [-0.2, 0) is 65.6 Å². The number of hydrogen-bond acceptors (Lipinski definition) is 23. The molecule has 0 radical (unpaired) electrons. The Hall–Kier alpha value is -10.8. The number of ether oxygens (including phenoxy) is 4. The van der Waals surface area contributed by atoms with Crippen molar-refractivity contribution in [2.45, 2.75) is 234 Å². The summed E-state index contributed by atoms with van der Waals surface area (Å²) in [4.78, 5) is 139. The van der Waals surface area contributed by atoms with Gasteiger partial charge in [-0.05, 0) is 223 Å². The van der Waals surface area contributed by atoms with Crippen molar-refractivity contribution in [3.05, 3.63) is 117 Å². The lowest BCUT2D eigenvalue weighted by Gasteiger charge is -2.37. The van der Waals surface area contributed by atoms with E-state index in [1.807, 2.05) is 118 Å². The largest absolute Gasteiger partial charge is 0.508 e. The quantitative estimate of drug-likeness (QED) is 0.0177. The lowest BCUT2D eigenvalue weighted by atomic mass is 9.92. The molecular weight excluding hydrogens is 1590 g/mol. The highest BCUT2D eigenvalue weighted by atomic mass is 16.6. The molecule has 3 fully saturated rings. The number of H-pyrrole nitrogens is 2. The van der Waals surface area contributed by atoms with Crippen LogP contribution in [0.2, 0.25) is 0 Å². The maximum Gasteiger partial charge on any atom is 0.348 e. The summed E-state index contributed by atoms with van der Waals surface area (Å²) in [7, 11) is 0. The van der Waals surface area contributed by atoms with E-state index in [-0.39, 0.29) is 142 Å². The monoisotopic (exact) mass is 1720 g/mol. The zero-order valence-electron chi connectivity index (χ0n) is 75.1. The lowest BCUT2D eigenvalue weighted by molar-refractivity contribution is -0.163. The summed E-state index contributed by atoms with van der Waals surface area (Å²) in [6.07, 6.45) is 7.90. The number of aromatic nitrogens is 8. The number of fused-ring (bicyclic) bond motifs is 2. The Morgan fingerprint density at radius 3 is 1.19 bits per heavy atom. The average Bonchev–Trinajstić information content (AvgIpc) is 1.54. The number of nitrogens with one attached hydrogen (secondary N) is 3. The predicted octanol–water partition coefficient (Wildman–Crippen LogP) is 10.7. The first-order chi connectivity index (χ1) is 58.4. The molecule has 3 aliphatic heterocycles. The van der Waals surface area contributed by atoms with Crippen LogP contribution in [0.5, 0.6) is 23.0 Å². The van der Waals surface area contributed by atoms with Crippen molar-refractivity contribution in [1.29, 1.82) is 0 Å². The number of rotatable bonds is 28. The van der Waals surface area contributed by atoms with Crippen molar-refractivity contribution in [2.75, 3.05) is 98.2 Å². The van der Waals surface area contributed by atoms with E-state index in [9.17, 15) is 63.6 Å². The highest BCUT2D eigenvalue weighted by Gasteiger charge is 2.37. The van der Waals surface area contributed by atoms with E-state index in [0.29, 0.717) is 125 Å². The molecule has 8 aromatic rings. The van der Waals surface area contributed by atoms with Gasteiger partial charge in [0.05, 0.1) is 42.1 Å². The molecule has 7 N–H and O–H groups in total. The molecule has 32 heteroatoms. The minimum Gasteiger partial charge on any atom is -0.508 e. The van der Waals surface area contributed by atoms with Crippen molar-refractivity contribution in [3.8, 4) is 57.1 Å². The number of esters is 4. The van der Waals surface area contributed by atoms with Crippen molar-refractivity contribution >= 4 is 63.4 Å². The number of aryl methyl sites for hydroxylation is 2. The SMILES string of the molecule is CC(C)c1cc(-c2n[nH]c(=O)n2-c2ccc3c(ccn3CCC3CCN(C(=O)CC(CC(=O)N4CCC(CCn5ccc6cc(-n7c(-c8cc(C(C)C)c(O)cc8O)n[nH]c7=O)ccc65)CC4)NC(=O)CC[C@H](C(=O)OC(C)(C)C)N4CCN(CC(=O)OC(C)(C)C)CCN(CC(=O)OC(C)(C)C)CCN(CC(=O)OC(C)(C)C)CC4)CC3)c2)c(O)cc1O. The Balaban J connectivity index is 0.786. The summed E-state index contributed by atoms with van der Waals surface area (Å²) in [5.74, 6) is -2.66. The second kappa shape index (κ2) is 40.0. The van der Waals surface area contributed by atoms with E-state index < -0.39 is 75.7 Å². The number of aromatic hydroxyl groups is 4. The third-order valence-corrected chi connectivity index (χ3v) is 23.0. The van der Waals surface area contributed by atoms with Crippen molar-refractivity contribution < 1.29 is 72.9 Å². The van der Waals surface area contributed by atoms with E-state index in [1.165, 1.54) is 21.3 Å². The number of hydrogen-bond donors (Lipinski definition) is 7. The highest BCUT2D eigenvalue weighted by Crippen LogP contribution is 2.40. The number of piperidine rings is 2. The van der Waals surface area contributed by atoms with E-state index in [0.717, 1.165) is 34.6 Å². The molecule has 4 aromatic carbocycles. The van der Waals surface area contributed by atoms with Gasteiger partial charge >= 0.3 is 35.3 Å². The Morgan fingerprint density at radius 1 is 0.468 bits per heavy atom. The van der Waals surface area contributed by atoms with Crippen molar-refractivity contribution in [2.24, 2.45) is 11.8 Å². The predicted molar refractivity (Wildman–Crippen MR) is 471 cm³/mol. The summed E-state index contributed by atoms with van der Waals surface area (Å²) in [5.41, 5.74) is 0.441. The van der Waals surface area contributed by atoms with Crippen LogP contribution >= 0.6 is 0 Å². The molecule has 0 spiro atoms. The molecule has 3 amide bonds. The molecule has 0 saturated carbocycles. The summed E-state index contributed by atoms with van der Waals surface area (Å²) in [6, 6.07) is 19.1. The maximum absolute atomic E-state index is 15.0. The molecule has 4 aromatic heterocycles. The molecule has 32 nitrogen and oxygen atoms in total. The minimum atomic E-state index is -1.05. The smallest absolute Gasteiger partial charge is 0.348 e. The molecule has 674 valence electrons. The van der Waals surface area contributed by atoms with Gasteiger partial charge in [-0.3, -0.25) is 53.2 Å². The van der Waals surface area contributed by atoms with E-state index in [2.05, 4.69) is 34.8 Å². The Bertz CT molecular complexity index is 4940. The lowest BCUT2D eigenvalue weighted by Crippen LogP contribution is -2.53. The molecule has 0 bridgehead atoms. The summed E-state index contributed by atoms with van der Waals surface area (Å²) in [6.45, 7) is 34.0. The molecule has 7 heterocycles. The molecule has 0 aliphatic carbocycles. The second-order valence-electron chi connectivity index (χ2n) is 38.2. The first-order valence-corrected chi connectivity index (χ1v) is 43.7. The summed E-state index contributed by atoms with van der Waals surface area (Å²) < 4.78 is 30.7. The van der Waals surface area contributed by atoms with Crippen LogP contribution in [0.4, 0.5) is 0 Å². The zero-order valence-corrected chi connectivity index (χ0v) is 75.1. The fraction of sp³-hybridized carbons (Fsp3) is 0.576. The van der Waals surface area contributed by atoms with Crippen LogP contribution in [0.1, 0.15) is 198 Å². The fourth-order valence-corrected chi connectivity index (χ4v) is 16.8. The molecule has 1 atom stereocenters. The standard InChI is InChI=1S/C92H129N15O17/c1-58(2)67-51-69(76(110)53-74(67)108)84-94-96-87(119)106(84)65-17-19-71-62(47-65)29-37-101(71)31-23-60-25-33-104(34-26-60)79(113)49-64(50-80(114)105-35-27-61(28-36-105)24-32-102-38-30-63-48-66(18-20-72(63)102)107-85(95-97-88(107)120)70-52-68(59(3)4)75(109)54-77(70)111)93-78(112)22-21-73(86(118)124-92(14,15)16)103-45-43-99(56-82(116)122-90(8,9)10)41-39-98(55-81(115)121-89(5,6)7)40-42-100(44-46-103)57-83(117)123-91(11,12)13/h17-20,29-30,37-38,47-48,51-54,58-61,64,73,108-111H,21-28,31-36,39-46,49-50,55-57H2,1-16H3,(H,93,112)(H,96,119)(H,97,120)/t73-/m1/s1. The number of nitrogens with zero attached hydrogens (tertiary/aromatic N) is 12. The van der Waals surface area contributed by atoms with Gasteiger partial charge in [0.25, 0.3) is 0 Å². The Labute approximate surface area is 725 Å². The first kappa shape index (κ1) is 93.9. The number of benzene rings is 4. The van der Waals surface area contributed by atoms with Crippen LogP contribution in [0.3, 0.4) is 0 Å². The van der Waals surface area contributed by atoms with E-state index in [4.69, 9.17) is 18.9 Å². The number of aromatic amines is 2. The number of amides is 3. The molecule has 11 rings (SSSR count). The molecule has 124 heavy (non-hydrogen) atoms. The Kier molecular flexibility index (Phi) is 30.3. The van der Waals surface area contributed by atoms with Crippen LogP contribution in [0, 0.1) is 11.8 Å². The second-order valence-corrected chi connectivity index (χ2v) is 38.2. The van der Waals surface area contributed by atoms with Crippen LogP contribution in [0.15, 0.2) is 94.8 Å². The van der Waals surface area contributed by atoms with Gasteiger partial charge in [-0.25, -0.2) is 28.9 Å². The highest BCUT2D eigenvalue weighted by molar-refractivity contribution is 5.86. The minimum absolute atomic E-state index is 0.0554.